The molecule has 0 spiro atoms. The van der Waals surface area contributed by atoms with Crippen LogP contribution in [0.5, 0.6) is 0 Å². The third-order valence-corrected chi connectivity index (χ3v) is 14.5. The molecule has 4 rings (SSSR count). The molecule has 0 aliphatic heterocycles. The molecule has 0 N–H and O–H groups in total. The minimum absolute atomic E-state index is 0.0259. The van der Waals surface area contributed by atoms with Crippen LogP contribution in [-0.4, -0.2) is 43.1 Å². The first-order chi connectivity index (χ1) is 18.2. The van der Waals surface area contributed by atoms with E-state index < -0.39 is 25.0 Å². The first-order valence-corrected chi connectivity index (χ1v) is 27.0. The Balaban J connectivity index is 1.54. The lowest BCUT2D eigenvalue weighted by atomic mass is 9.43. The lowest BCUT2D eigenvalue weighted by Gasteiger charge is -2.64. The standard InChI is InChI=1S/C33H64O4Si3/c1-23(13-16-30(34)37-40(10,11)12)26-14-15-27-31-28(18-20-33(26,27)3)32(2)19-17-25(35-38(4,5)6)21-24(32)22-29(31)36-39(7,8)9/h23-29,31H,13-22H2,1-12H3/t23?,24?,25-,26?,27?,28?,29?,31?,32?,33?/m1/s1. The minimum atomic E-state index is -1.82. The van der Waals surface area contributed by atoms with Gasteiger partial charge in [-0.05, 0) is 163 Å². The minimum Gasteiger partial charge on any atom is -0.520 e. The molecule has 0 aromatic carbocycles. The Hall–Kier alpha value is 0.0406. The van der Waals surface area contributed by atoms with Crippen LogP contribution in [-0.2, 0) is 18.1 Å². The molecular formula is C33H64O4Si3. The number of fused-ring (bicyclic) bond motifs is 5. The molecule has 4 aliphatic carbocycles. The van der Waals surface area contributed by atoms with Crippen LogP contribution in [0.1, 0.15) is 85.0 Å². The predicted octanol–water partition coefficient (Wildman–Crippen LogP) is 9.49. The topological polar surface area (TPSA) is 44.8 Å². The van der Waals surface area contributed by atoms with Crippen LogP contribution in [0.25, 0.3) is 0 Å². The fraction of sp³-hybridized carbons (Fsp3) is 0.970. The van der Waals surface area contributed by atoms with Gasteiger partial charge in [-0.15, -0.1) is 0 Å². The van der Waals surface area contributed by atoms with Crippen molar-refractivity contribution in [1.29, 1.82) is 0 Å². The molecule has 10 atom stereocenters. The first-order valence-electron chi connectivity index (χ1n) is 16.8. The van der Waals surface area contributed by atoms with Crippen LogP contribution in [0.3, 0.4) is 0 Å². The monoisotopic (exact) mass is 608 g/mol. The Morgan fingerprint density at radius 1 is 0.775 bits per heavy atom. The van der Waals surface area contributed by atoms with Gasteiger partial charge in [0.15, 0.2) is 16.6 Å². The highest BCUT2D eigenvalue weighted by Gasteiger charge is 2.63. The van der Waals surface area contributed by atoms with Crippen molar-refractivity contribution < 1.29 is 18.1 Å². The van der Waals surface area contributed by atoms with E-state index in [4.69, 9.17) is 13.3 Å². The second-order valence-corrected chi connectivity index (χ2v) is 31.3. The van der Waals surface area contributed by atoms with E-state index in [1.54, 1.807) is 0 Å². The Bertz CT molecular complexity index is 905. The van der Waals surface area contributed by atoms with Gasteiger partial charge in [-0.2, -0.15) is 0 Å². The van der Waals surface area contributed by atoms with Gasteiger partial charge in [0.2, 0.25) is 8.32 Å². The van der Waals surface area contributed by atoms with Crippen LogP contribution in [0, 0.1) is 46.3 Å². The van der Waals surface area contributed by atoms with Crippen molar-refractivity contribution in [3.05, 3.63) is 0 Å². The van der Waals surface area contributed by atoms with E-state index in [0.717, 1.165) is 24.2 Å². The smallest absolute Gasteiger partial charge is 0.292 e. The van der Waals surface area contributed by atoms with E-state index in [1.165, 1.54) is 51.4 Å². The normalized spacial score (nSPS) is 41.0. The quantitative estimate of drug-likeness (QED) is 0.245. The summed E-state index contributed by atoms with van der Waals surface area (Å²) in [5, 5.41) is 0. The molecule has 0 radical (unpaired) electrons. The zero-order valence-electron chi connectivity index (χ0n) is 28.3. The fourth-order valence-corrected chi connectivity index (χ4v) is 13.4. The molecule has 0 heterocycles. The van der Waals surface area contributed by atoms with Gasteiger partial charge in [0.25, 0.3) is 5.97 Å². The second-order valence-electron chi connectivity index (χ2n) is 18.0. The van der Waals surface area contributed by atoms with Gasteiger partial charge in [-0.3, -0.25) is 4.79 Å². The maximum absolute atomic E-state index is 12.6. The highest BCUT2D eigenvalue weighted by molar-refractivity contribution is 6.71. The van der Waals surface area contributed by atoms with E-state index in [0.29, 0.717) is 47.2 Å². The summed E-state index contributed by atoms with van der Waals surface area (Å²) in [6.45, 7) is 28.3. The van der Waals surface area contributed by atoms with Gasteiger partial charge in [0.1, 0.15) is 0 Å². The summed E-state index contributed by atoms with van der Waals surface area (Å²) >= 11 is 0. The fourth-order valence-electron chi connectivity index (χ4n) is 10.3. The Morgan fingerprint density at radius 2 is 1.38 bits per heavy atom. The molecule has 7 heteroatoms. The van der Waals surface area contributed by atoms with Gasteiger partial charge in [0.05, 0.1) is 0 Å². The summed E-state index contributed by atoms with van der Waals surface area (Å²) < 4.78 is 19.7. The Kier molecular flexibility index (Phi) is 9.48. The zero-order chi connectivity index (χ0) is 29.9. The molecule has 4 saturated carbocycles. The van der Waals surface area contributed by atoms with Crippen LogP contribution in [0.4, 0.5) is 0 Å². The van der Waals surface area contributed by atoms with Crippen molar-refractivity contribution in [2.45, 2.75) is 156 Å². The molecule has 9 unspecified atom stereocenters. The summed E-state index contributed by atoms with van der Waals surface area (Å²) in [4.78, 5) is 12.6. The summed E-state index contributed by atoms with van der Waals surface area (Å²) in [5.41, 5.74) is 0.792. The lowest BCUT2D eigenvalue weighted by Crippen LogP contribution is -2.60. The number of carbonyl (C=O) groups excluding carboxylic acids is 1. The number of rotatable bonds is 9. The van der Waals surface area contributed by atoms with Crippen molar-refractivity contribution in [3.8, 4) is 0 Å². The van der Waals surface area contributed by atoms with Crippen LogP contribution >= 0.6 is 0 Å². The maximum atomic E-state index is 12.6. The van der Waals surface area contributed by atoms with Crippen molar-refractivity contribution in [3.63, 3.8) is 0 Å². The molecule has 0 saturated heterocycles. The molecule has 4 nitrogen and oxygen atoms in total. The van der Waals surface area contributed by atoms with Crippen molar-refractivity contribution >= 4 is 30.9 Å². The van der Waals surface area contributed by atoms with Gasteiger partial charge >= 0.3 is 0 Å². The summed E-state index contributed by atoms with van der Waals surface area (Å²) in [6.07, 6.45) is 12.8. The van der Waals surface area contributed by atoms with E-state index in [-0.39, 0.29) is 5.97 Å². The van der Waals surface area contributed by atoms with Gasteiger partial charge in [0, 0.05) is 18.6 Å². The maximum Gasteiger partial charge on any atom is 0.292 e. The van der Waals surface area contributed by atoms with Crippen LogP contribution < -0.4 is 0 Å². The van der Waals surface area contributed by atoms with E-state index in [1.807, 2.05) is 0 Å². The summed E-state index contributed by atoms with van der Waals surface area (Å²) in [5.74, 6) is 4.24. The summed E-state index contributed by atoms with van der Waals surface area (Å²) in [7, 11) is -5.04. The van der Waals surface area contributed by atoms with Gasteiger partial charge in [-0.1, -0.05) is 20.8 Å². The predicted molar refractivity (Wildman–Crippen MR) is 175 cm³/mol. The highest BCUT2D eigenvalue weighted by Crippen LogP contribution is 2.69. The second kappa shape index (κ2) is 11.5. The van der Waals surface area contributed by atoms with Crippen LogP contribution in [0.15, 0.2) is 0 Å². The molecule has 4 fully saturated rings. The van der Waals surface area contributed by atoms with Crippen molar-refractivity contribution in [2.24, 2.45) is 46.3 Å². The van der Waals surface area contributed by atoms with Gasteiger partial charge in [-0.25, -0.2) is 0 Å². The number of carbonyl (C=O) groups is 1. The van der Waals surface area contributed by atoms with Crippen molar-refractivity contribution in [2.75, 3.05) is 0 Å². The Morgan fingerprint density at radius 3 is 1.98 bits per heavy atom. The highest BCUT2D eigenvalue weighted by atomic mass is 28.4. The molecule has 0 aromatic rings. The van der Waals surface area contributed by atoms with Gasteiger partial charge < -0.3 is 13.3 Å². The average molecular weight is 609 g/mol. The molecule has 0 aromatic heterocycles. The summed E-state index contributed by atoms with van der Waals surface area (Å²) in [6, 6.07) is 0. The molecule has 4 aliphatic rings. The zero-order valence-corrected chi connectivity index (χ0v) is 31.3. The van der Waals surface area contributed by atoms with Crippen molar-refractivity contribution in [1.82, 2.24) is 0 Å². The first kappa shape index (κ1) is 32.9. The van der Waals surface area contributed by atoms with E-state index in [9.17, 15) is 4.79 Å². The number of hydrogen-bond acceptors (Lipinski definition) is 4. The SMILES string of the molecule is CC(CCC(=O)O[Si](C)(C)C)C1CCC2C3C(O[Si](C)(C)C)CC4C[C@H](O[Si](C)(C)C)CCC4(C)C3CCC12C. The van der Waals surface area contributed by atoms with E-state index in [2.05, 4.69) is 79.7 Å². The Labute approximate surface area is 250 Å². The molecular weight excluding hydrogens is 545 g/mol. The average Bonchev–Trinajstić information content (AvgIpc) is 3.12. The largest absolute Gasteiger partial charge is 0.520 e. The third kappa shape index (κ3) is 7.22. The lowest BCUT2D eigenvalue weighted by molar-refractivity contribution is -0.168. The molecule has 0 amide bonds. The number of hydrogen-bond donors (Lipinski definition) is 0. The van der Waals surface area contributed by atoms with E-state index >= 15 is 0 Å². The van der Waals surface area contributed by atoms with Crippen LogP contribution in [0.2, 0.25) is 58.9 Å². The third-order valence-electron chi connectivity index (χ3n) is 11.6. The molecule has 0 bridgehead atoms. The molecule has 40 heavy (non-hydrogen) atoms. The molecule has 232 valence electrons.